The van der Waals surface area contributed by atoms with Crippen molar-refractivity contribution in [1.29, 1.82) is 0 Å². The van der Waals surface area contributed by atoms with Crippen LogP contribution in [-0.2, 0) is 27.2 Å². The Morgan fingerprint density at radius 3 is 1.89 bits per heavy atom. The summed E-state index contributed by atoms with van der Waals surface area (Å²) in [6.07, 6.45) is -1.15. The summed E-state index contributed by atoms with van der Waals surface area (Å²) in [7, 11) is 0. The Bertz CT molecular complexity index is 920. The second-order valence-corrected chi connectivity index (χ2v) is 10.8. The zero-order chi connectivity index (χ0) is 26.1. The summed E-state index contributed by atoms with van der Waals surface area (Å²) in [5.41, 5.74) is 0.697. The van der Waals surface area contributed by atoms with Crippen LogP contribution < -0.4 is 5.32 Å². The van der Waals surface area contributed by atoms with Gasteiger partial charge in [-0.15, -0.1) is 0 Å². The maximum absolute atomic E-state index is 12.6. The lowest BCUT2D eigenvalue weighted by molar-refractivity contribution is -0.156. The average Bonchev–Trinajstić information content (AvgIpc) is 2.72. The van der Waals surface area contributed by atoms with E-state index in [2.05, 4.69) is 5.32 Å². The zero-order valence-corrected chi connectivity index (χ0v) is 21.8. The van der Waals surface area contributed by atoms with E-state index in [0.29, 0.717) is 13.0 Å². The van der Waals surface area contributed by atoms with Crippen molar-refractivity contribution in [3.63, 3.8) is 0 Å². The molecule has 2 aromatic rings. The highest BCUT2D eigenvalue weighted by molar-refractivity contribution is 5.72. The van der Waals surface area contributed by atoms with Crippen molar-refractivity contribution in [3.8, 4) is 0 Å². The molecule has 7 heteroatoms. The lowest BCUT2D eigenvalue weighted by atomic mass is 10.0. The first-order chi connectivity index (χ1) is 16.3. The summed E-state index contributed by atoms with van der Waals surface area (Å²) in [5.74, 6) is -0.375. The third-order valence-corrected chi connectivity index (χ3v) is 4.93. The van der Waals surface area contributed by atoms with E-state index in [0.717, 1.165) is 11.1 Å². The van der Waals surface area contributed by atoms with Crippen LogP contribution in [0.2, 0.25) is 0 Å². The first-order valence-electron chi connectivity index (χ1n) is 12.0. The van der Waals surface area contributed by atoms with Crippen molar-refractivity contribution < 1.29 is 24.2 Å². The summed E-state index contributed by atoms with van der Waals surface area (Å²) in [6.45, 7) is 11.4. The number of nitrogens with one attached hydrogen (secondary N) is 1. The predicted octanol–water partition coefficient (Wildman–Crippen LogP) is 4.33. The van der Waals surface area contributed by atoms with E-state index in [1.165, 1.54) is 0 Å². The number of hydrogen-bond donors (Lipinski definition) is 2. The number of aliphatic hydroxyl groups is 1. The van der Waals surface area contributed by atoms with Gasteiger partial charge in [0.05, 0.1) is 18.7 Å². The molecule has 0 aliphatic carbocycles. The Hall–Kier alpha value is -2.90. The summed E-state index contributed by atoms with van der Waals surface area (Å²) < 4.78 is 10.9. The molecule has 0 bridgehead atoms. The van der Waals surface area contributed by atoms with Crippen molar-refractivity contribution >= 4 is 12.1 Å². The van der Waals surface area contributed by atoms with Crippen molar-refractivity contribution in [2.45, 2.75) is 77.9 Å². The Morgan fingerprint density at radius 1 is 0.857 bits per heavy atom. The molecule has 0 spiro atoms. The molecule has 192 valence electrons. The maximum atomic E-state index is 12.6. The Balaban J connectivity index is 2.20. The van der Waals surface area contributed by atoms with Gasteiger partial charge in [0.25, 0.3) is 0 Å². The van der Waals surface area contributed by atoms with Crippen LogP contribution in [0.1, 0.15) is 52.7 Å². The normalized spacial score (nSPS) is 13.7. The predicted molar refractivity (Wildman–Crippen MR) is 137 cm³/mol. The number of amides is 1. The van der Waals surface area contributed by atoms with Gasteiger partial charge in [-0.2, -0.15) is 0 Å². The number of aliphatic hydroxyl groups excluding tert-OH is 1. The lowest BCUT2D eigenvalue weighted by Gasteiger charge is -2.31. The van der Waals surface area contributed by atoms with Crippen molar-refractivity contribution in [2.24, 2.45) is 0 Å². The Morgan fingerprint density at radius 2 is 1.37 bits per heavy atom. The number of alkyl carbamates (subject to hydrolysis) is 1. The Kier molecular flexibility index (Phi) is 10.3. The standard InChI is InChI=1S/C28H40N2O5/c1-27(2,3)34-25(32)20-30(18-22-15-11-8-12-16-22)19-24(31)23(17-21-13-9-7-10-14-21)29-26(33)35-28(4,5)6/h7-16,23-24,31H,17-20H2,1-6H3,(H,29,33)/t23-,24+/m0/s1. The van der Waals surface area contributed by atoms with Gasteiger partial charge in [0.1, 0.15) is 11.2 Å². The fourth-order valence-corrected chi connectivity index (χ4v) is 3.58. The van der Waals surface area contributed by atoms with E-state index in [9.17, 15) is 14.7 Å². The molecule has 0 saturated carbocycles. The van der Waals surface area contributed by atoms with Crippen molar-refractivity contribution in [3.05, 3.63) is 71.8 Å². The van der Waals surface area contributed by atoms with Crippen molar-refractivity contribution in [1.82, 2.24) is 10.2 Å². The van der Waals surface area contributed by atoms with Gasteiger partial charge in [-0.3, -0.25) is 9.69 Å². The highest BCUT2D eigenvalue weighted by Crippen LogP contribution is 2.14. The van der Waals surface area contributed by atoms with Crippen LogP contribution in [0.15, 0.2) is 60.7 Å². The fraction of sp³-hybridized carbons (Fsp3) is 0.500. The van der Waals surface area contributed by atoms with E-state index < -0.39 is 29.4 Å². The molecular formula is C28H40N2O5. The quantitative estimate of drug-likeness (QED) is 0.488. The van der Waals surface area contributed by atoms with Crippen LogP contribution in [0.25, 0.3) is 0 Å². The maximum Gasteiger partial charge on any atom is 0.407 e. The van der Waals surface area contributed by atoms with E-state index in [1.54, 1.807) is 20.8 Å². The van der Waals surface area contributed by atoms with Gasteiger partial charge >= 0.3 is 12.1 Å². The first kappa shape index (κ1) is 28.3. The molecular weight excluding hydrogens is 444 g/mol. The highest BCUT2D eigenvalue weighted by Gasteiger charge is 2.28. The number of carbonyl (C=O) groups excluding carboxylic acids is 2. The van der Waals surface area contributed by atoms with Gasteiger partial charge in [-0.1, -0.05) is 60.7 Å². The molecule has 0 aliphatic heterocycles. The molecule has 0 fully saturated rings. The smallest absolute Gasteiger partial charge is 0.407 e. The molecule has 0 heterocycles. The van der Waals surface area contributed by atoms with Crippen LogP contribution >= 0.6 is 0 Å². The molecule has 2 atom stereocenters. The monoisotopic (exact) mass is 484 g/mol. The summed E-state index contributed by atoms with van der Waals surface area (Å²) in [6, 6.07) is 18.7. The third kappa shape index (κ3) is 11.9. The summed E-state index contributed by atoms with van der Waals surface area (Å²) >= 11 is 0. The molecule has 2 aromatic carbocycles. The molecule has 0 aliphatic rings. The molecule has 35 heavy (non-hydrogen) atoms. The molecule has 2 rings (SSSR count). The van der Waals surface area contributed by atoms with Gasteiger partial charge in [-0.25, -0.2) is 4.79 Å². The number of nitrogens with zero attached hydrogens (tertiary/aromatic N) is 1. The van der Waals surface area contributed by atoms with E-state index >= 15 is 0 Å². The van der Waals surface area contributed by atoms with Crippen LogP contribution in [0.4, 0.5) is 4.79 Å². The number of rotatable bonds is 10. The van der Waals surface area contributed by atoms with E-state index in [-0.39, 0.29) is 19.1 Å². The fourth-order valence-electron chi connectivity index (χ4n) is 3.58. The molecule has 2 N–H and O–H groups in total. The van der Waals surface area contributed by atoms with Crippen LogP contribution in [-0.4, -0.2) is 58.5 Å². The SMILES string of the molecule is CC(C)(C)OC(=O)CN(Cc1ccccc1)C[C@@H](O)[C@H](Cc1ccccc1)NC(=O)OC(C)(C)C. The minimum absolute atomic E-state index is 0.00766. The van der Waals surface area contributed by atoms with Crippen molar-refractivity contribution in [2.75, 3.05) is 13.1 Å². The molecule has 0 saturated heterocycles. The molecule has 1 amide bonds. The van der Waals surface area contributed by atoms with Gasteiger partial charge in [0.2, 0.25) is 0 Å². The average molecular weight is 485 g/mol. The summed E-state index contributed by atoms with van der Waals surface area (Å²) in [5, 5.41) is 14.1. The lowest BCUT2D eigenvalue weighted by Crippen LogP contribution is -2.51. The highest BCUT2D eigenvalue weighted by atomic mass is 16.6. The van der Waals surface area contributed by atoms with Crippen LogP contribution in [0.5, 0.6) is 0 Å². The molecule has 0 unspecified atom stereocenters. The second kappa shape index (κ2) is 12.7. The zero-order valence-electron chi connectivity index (χ0n) is 21.8. The van der Waals surface area contributed by atoms with Gasteiger partial charge in [0, 0.05) is 13.1 Å². The Labute approximate surface area is 209 Å². The number of hydrogen-bond acceptors (Lipinski definition) is 6. The van der Waals surface area contributed by atoms with E-state index in [4.69, 9.17) is 9.47 Å². The largest absolute Gasteiger partial charge is 0.459 e. The summed E-state index contributed by atoms with van der Waals surface area (Å²) in [4.78, 5) is 27.0. The van der Waals surface area contributed by atoms with Crippen LogP contribution in [0, 0.1) is 0 Å². The van der Waals surface area contributed by atoms with Gasteiger partial charge < -0.3 is 19.9 Å². The second-order valence-electron chi connectivity index (χ2n) is 10.8. The van der Waals surface area contributed by atoms with Gasteiger partial charge in [0.15, 0.2) is 0 Å². The number of ether oxygens (including phenoxy) is 2. The van der Waals surface area contributed by atoms with Gasteiger partial charge in [-0.05, 0) is 59.1 Å². The molecule has 0 radical (unpaired) electrons. The topological polar surface area (TPSA) is 88.1 Å². The first-order valence-corrected chi connectivity index (χ1v) is 12.0. The number of benzene rings is 2. The third-order valence-electron chi connectivity index (χ3n) is 4.93. The van der Waals surface area contributed by atoms with E-state index in [1.807, 2.05) is 86.3 Å². The number of carbonyl (C=O) groups is 2. The van der Waals surface area contributed by atoms with Crippen LogP contribution in [0.3, 0.4) is 0 Å². The minimum atomic E-state index is -0.964. The molecule has 7 nitrogen and oxygen atoms in total. The molecule has 0 aromatic heterocycles. The minimum Gasteiger partial charge on any atom is -0.459 e. The number of esters is 1.